The molecule has 1 aromatic carbocycles. The molecular weight excluding hydrogens is 288 g/mol. The van der Waals surface area contributed by atoms with Gasteiger partial charge >= 0.3 is 0 Å². The number of benzene rings is 1. The van der Waals surface area contributed by atoms with Crippen molar-refractivity contribution in [2.24, 2.45) is 7.05 Å². The number of hydrogen-bond donors (Lipinski definition) is 0. The summed E-state index contributed by atoms with van der Waals surface area (Å²) in [4.78, 5) is 7.41. The summed E-state index contributed by atoms with van der Waals surface area (Å²) in [5, 5.41) is 8.34. The van der Waals surface area contributed by atoms with E-state index < -0.39 is 0 Å². The highest BCUT2D eigenvalue weighted by atomic mass is 15.4. The smallest absolute Gasteiger partial charge is 0.207 e. The summed E-state index contributed by atoms with van der Waals surface area (Å²) in [7, 11) is 1.91. The predicted molar refractivity (Wildman–Crippen MR) is 88.2 cm³/mol. The molecule has 0 amide bonds. The van der Waals surface area contributed by atoms with Gasteiger partial charge in [0.05, 0.1) is 17.6 Å². The van der Waals surface area contributed by atoms with Crippen molar-refractivity contribution in [3.8, 4) is 0 Å². The van der Waals surface area contributed by atoms with Crippen molar-refractivity contribution in [1.29, 1.82) is 0 Å². The lowest BCUT2D eigenvalue weighted by molar-refractivity contribution is 0.677. The van der Waals surface area contributed by atoms with E-state index in [4.69, 9.17) is 4.98 Å². The van der Waals surface area contributed by atoms with Crippen molar-refractivity contribution < 1.29 is 0 Å². The maximum absolute atomic E-state index is 4.97. The van der Waals surface area contributed by atoms with E-state index in [2.05, 4.69) is 44.0 Å². The molecule has 2 aliphatic carbocycles. The van der Waals surface area contributed by atoms with E-state index in [1.54, 1.807) is 4.68 Å². The molecule has 23 heavy (non-hydrogen) atoms. The minimum absolute atomic E-state index is 0.589. The molecule has 0 unspecified atom stereocenters. The van der Waals surface area contributed by atoms with E-state index in [-0.39, 0.29) is 0 Å². The summed E-state index contributed by atoms with van der Waals surface area (Å²) in [5.41, 5.74) is 3.36. The highest BCUT2D eigenvalue weighted by molar-refractivity contribution is 5.79. The highest BCUT2D eigenvalue weighted by Crippen LogP contribution is 2.43. The lowest BCUT2D eigenvalue weighted by Crippen LogP contribution is -2.28. The SMILES string of the molecule is Cn1cc(CN(c2nc3ccccc3n2C2CC2)C2CC2)nn1. The zero-order valence-electron chi connectivity index (χ0n) is 13.3. The van der Waals surface area contributed by atoms with Crippen LogP contribution >= 0.6 is 0 Å². The molecule has 0 N–H and O–H groups in total. The molecule has 2 aromatic heterocycles. The molecule has 6 nitrogen and oxygen atoms in total. The first-order valence-corrected chi connectivity index (χ1v) is 8.38. The highest BCUT2D eigenvalue weighted by Gasteiger charge is 2.36. The molecule has 6 heteroatoms. The third kappa shape index (κ3) is 2.29. The predicted octanol–water partition coefficient (Wildman–Crippen LogP) is 2.67. The molecule has 0 bridgehead atoms. The van der Waals surface area contributed by atoms with Gasteiger partial charge in [-0.3, -0.25) is 4.68 Å². The fourth-order valence-corrected chi connectivity index (χ4v) is 3.32. The number of imidazole rings is 1. The van der Waals surface area contributed by atoms with Gasteiger partial charge in [-0.15, -0.1) is 5.10 Å². The molecule has 5 rings (SSSR count). The largest absolute Gasteiger partial charge is 0.333 e. The molecule has 0 spiro atoms. The summed E-state index contributed by atoms with van der Waals surface area (Å²) in [6, 6.07) is 9.69. The average Bonchev–Trinajstić information content (AvgIpc) is 3.48. The molecule has 0 aliphatic heterocycles. The second kappa shape index (κ2) is 4.81. The van der Waals surface area contributed by atoms with Gasteiger partial charge in [0.2, 0.25) is 5.95 Å². The van der Waals surface area contributed by atoms with Gasteiger partial charge in [0.1, 0.15) is 5.69 Å². The molecular formula is C17H20N6. The maximum atomic E-state index is 4.97. The van der Waals surface area contributed by atoms with Gasteiger partial charge in [0, 0.05) is 25.3 Å². The number of para-hydroxylation sites is 2. The van der Waals surface area contributed by atoms with Crippen molar-refractivity contribution in [1.82, 2.24) is 24.5 Å². The van der Waals surface area contributed by atoms with Crippen molar-refractivity contribution in [3.63, 3.8) is 0 Å². The van der Waals surface area contributed by atoms with Gasteiger partial charge in [-0.25, -0.2) is 4.98 Å². The van der Waals surface area contributed by atoms with Crippen LogP contribution in [0.1, 0.15) is 37.4 Å². The number of hydrogen-bond acceptors (Lipinski definition) is 4. The second-order valence-corrected chi connectivity index (χ2v) is 6.74. The van der Waals surface area contributed by atoms with Crippen molar-refractivity contribution in [2.45, 2.75) is 44.3 Å². The quantitative estimate of drug-likeness (QED) is 0.727. The molecule has 0 radical (unpaired) electrons. The van der Waals surface area contributed by atoms with E-state index in [9.17, 15) is 0 Å². The van der Waals surface area contributed by atoms with Gasteiger partial charge in [-0.2, -0.15) is 0 Å². The third-order valence-corrected chi connectivity index (χ3v) is 4.72. The van der Waals surface area contributed by atoms with E-state index in [1.807, 2.05) is 13.2 Å². The lowest BCUT2D eigenvalue weighted by Gasteiger charge is -2.23. The van der Waals surface area contributed by atoms with Crippen LogP contribution < -0.4 is 4.90 Å². The Kier molecular flexibility index (Phi) is 2.74. The minimum atomic E-state index is 0.589. The molecule has 2 saturated carbocycles. The second-order valence-electron chi connectivity index (χ2n) is 6.74. The Bertz CT molecular complexity index is 855. The first kappa shape index (κ1) is 13.1. The Morgan fingerprint density at radius 1 is 1.17 bits per heavy atom. The van der Waals surface area contributed by atoms with Gasteiger partial charge in [0.15, 0.2) is 0 Å². The minimum Gasteiger partial charge on any atom is -0.333 e. The monoisotopic (exact) mass is 308 g/mol. The number of fused-ring (bicyclic) bond motifs is 1. The fourth-order valence-electron chi connectivity index (χ4n) is 3.32. The molecule has 2 aliphatic rings. The van der Waals surface area contributed by atoms with Crippen molar-refractivity contribution in [2.75, 3.05) is 4.90 Å². The average molecular weight is 308 g/mol. The number of aryl methyl sites for hydroxylation is 1. The zero-order valence-corrected chi connectivity index (χ0v) is 13.3. The normalized spacial score (nSPS) is 17.8. The van der Waals surface area contributed by atoms with Gasteiger partial charge in [-0.1, -0.05) is 17.3 Å². The van der Waals surface area contributed by atoms with Gasteiger partial charge < -0.3 is 9.47 Å². The van der Waals surface area contributed by atoms with Crippen LogP contribution in [0.25, 0.3) is 11.0 Å². The van der Waals surface area contributed by atoms with Gasteiger partial charge in [-0.05, 0) is 37.8 Å². The Balaban J connectivity index is 1.60. The van der Waals surface area contributed by atoms with E-state index in [1.165, 1.54) is 31.2 Å². The van der Waals surface area contributed by atoms with E-state index in [0.717, 1.165) is 23.7 Å². The molecule has 2 heterocycles. The van der Waals surface area contributed by atoms with E-state index >= 15 is 0 Å². The Labute approximate surface area is 134 Å². The van der Waals surface area contributed by atoms with Crippen LogP contribution in [0.2, 0.25) is 0 Å². The first-order chi connectivity index (χ1) is 11.3. The number of aromatic nitrogens is 5. The van der Waals surface area contributed by atoms with Crippen LogP contribution in [-0.4, -0.2) is 30.6 Å². The molecule has 0 saturated heterocycles. The maximum Gasteiger partial charge on any atom is 0.207 e. The Morgan fingerprint density at radius 2 is 2.00 bits per heavy atom. The summed E-state index contributed by atoms with van der Waals surface area (Å²) in [6.07, 6.45) is 7.01. The van der Waals surface area contributed by atoms with Crippen LogP contribution in [0.15, 0.2) is 30.5 Å². The van der Waals surface area contributed by atoms with Crippen molar-refractivity contribution >= 4 is 17.0 Å². The molecule has 2 fully saturated rings. The summed E-state index contributed by atoms with van der Waals surface area (Å²) >= 11 is 0. The number of rotatable bonds is 5. The van der Waals surface area contributed by atoms with Gasteiger partial charge in [0.25, 0.3) is 0 Å². The Hall–Kier alpha value is -2.37. The van der Waals surface area contributed by atoms with E-state index in [0.29, 0.717) is 12.1 Å². The summed E-state index contributed by atoms with van der Waals surface area (Å²) in [5.74, 6) is 1.11. The van der Waals surface area contributed by atoms with Crippen LogP contribution in [0, 0.1) is 0 Å². The topological polar surface area (TPSA) is 51.8 Å². The molecule has 118 valence electrons. The Morgan fingerprint density at radius 3 is 2.70 bits per heavy atom. The number of nitrogens with zero attached hydrogens (tertiary/aromatic N) is 6. The van der Waals surface area contributed by atoms with Crippen LogP contribution in [-0.2, 0) is 13.6 Å². The van der Waals surface area contributed by atoms with Crippen LogP contribution in [0.3, 0.4) is 0 Å². The van der Waals surface area contributed by atoms with Crippen LogP contribution in [0.5, 0.6) is 0 Å². The first-order valence-electron chi connectivity index (χ1n) is 8.38. The zero-order chi connectivity index (χ0) is 15.4. The standard InChI is InChI=1S/C17H20N6/c1-21-10-12(19-20-21)11-22(13-6-7-13)17-18-15-4-2-3-5-16(15)23(17)14-8-9-14/h2-5,10,13-14H,6-9,11H2,1H3. The summed E-state index contributed by atoms with van der Waals surface area (Å²) < 4.78 is 4.22. The van der Waals surface area contributed by atoms with Crippen LogP contribution in [0.4, 0.5) is 5.95 Å². The fraction of sp³-hybridized carbons (Fsp3) is 0.471. The van der Waals surface area contributed by atoms with Crippen molar-refractivity contribution in [3.05, 3.63) is 36.2 Å². The number of anilines is 1. The summed E-state index contributed by atoms with van der Waals surface area (Å²) in [6.45, 7) is 0.786. The molecule has 3 aromatic rings. The lowest BCUT2D eigenvalue weighted by atomic mass is 10.3. The molecule has 0 atom stereocenters. The third-order valence-electron chi connectivity index (χ3n) is 4.72.